The summed E-state index contributed by atoms with van der Waals surface area (Å²) in [6.07, 6.45) is 0. The number of aromatic hydroxyl groups is 1. The van der Waals surface area contributed by atoms with Gasteiger partial charge in [-0.1, -0.05) is 0 Å². The molecule has 5 heteroatoms. The summed E-state index contributed by atoms with van der Waals surface area (Å²) in [7, 11) is 4.16. The molecule has 0 saturated carbocycles. The lowest BCUT2D eigenvalue weighted by molar-refractivity contribution is 0.190. The monoisotopic (exact) mass is 378 g/mol. The molecule has 0 aliphatic carbocycles. The molecule has 0 heterocycles. The largest absolute Gasteiger partial charge is 0.506 e. The SMILES string of the molecule is CN(C)C(C)(C)CNCc1cc(Br)c(O)c(Br)c1. The van der Waals surface area contributed by atoms with Gasteiger partial charge in [0.2, 0.25) is 0 Å². The number of nitrogens with zero attached hydrogens (tertiary/aromatic N) is 1. The first kappa shape index (κ1) is 16.0. The zero-order valence-corrected chi connectivity index (χ0v) is 14.4. The van der Waals surface area contributed by atoms with E-state index in [1.807, 2.05) is 12.1 Å². The van der Waals surface area contributed by atoms with E-state index in [1.165, 1.54) is 0 Å². The van der Waals surface area contributed by atoms with Crippen molar-refractivity contribution in [1.82, 2.24) is 10.2 Å². The summed E-state index contributed by atoms with van der Waals surface area (Å²) in [5.41, 5.74) is 1.24. The van der Waals surface area contributed by atoms with Gasteiger partial charge in [0, 0.05) is 18.6 Å². The minimum Gasteiger partial charge on any atom is -0.506 e. The second-order valence-electron chi connectivity index (χ2n) is 5.22. The molecule has 0 radical (unpaired) electrons. The number of benzene rings is 1. The number of phenols is 1. The number of hydrogen-bond acceptors (Lipinski definition) is 3. The molecule has 1 aromatic carbocycles. The first-order chi connectivity index (χ1) is 8.24. The third-order valence-corrected chi connectivity index (χ3v) is 4.38. The van der Waals surface area contributed by atoms with Gasteiger partial charge in [0.25, 0.3) is 0 Å². The van der Waals surface area contributed by atoms with Gasteiger partial charge in [-0.05, 0) is 77.5 Å². The Bertz CT molecular complexity index is 396. The van der Waals surface area contributed by atoms with Gasteiger partial charge < -0.3 is 15.3 Å². The van der Waals surface area contributed by atoms with E-state index >= 15 is 0 Å². The predicted octanol–water partition coefficient (Wildman–Crippen LogP) is 3.35. The molecule has 0 aliphatic rings. The third kappa shape index (κ3) is 4.23. The molecule has 0 spiro atoms. The van der Waals surface area contributed by atoms with E-state index in [-0.39, 0.29) is 11.3 Å². The van der Waals surface area contributed by atoms with Crippen LogP contribution in [0.5, 0.6) is 5.75 Å². The van der Waals surface area contributed by atoms with Crippen LogP contribution in [-0.4, -0.2) is 36.2 Å². The highest BCUT2D eigenvalue weighted by Gasteiger charge is 2.19. The van der Waals surface area contributed by atoms with Crippen molar-refractivity contribution in [2.45, 2.75) is 25.9 Å². The van der Waals surface area contributed by atoms with Crippen LogP contribution in [0.1, 0.15) is 19.4 Å². The Hall–Kier alpha value is -0.100. The van der Waals surface area contributed by atoms with E-state index in [1.54, 1.807) is 0 Å². The zero-order chi connectivity index (χ0) is 13.9. The molecule has 0 bridgehead atoms. The summed E-state index contributed by atoms with van der Waals surface area (Å²) >= 11 is 6.67. The van der Waals surface area contributed by atoms with Crippen molar-refractivity contribution in [3.8, 4) is 5.75 Å². The number of phenolic OH excluding ortho intramolecular Hbond substituents is 1. The molecule has 0 saturated heterocycles. The minimum absolute atomic E-state index is 0.116. The normalized spacial score (nSPS) is 12.2. The standard InChI is InChI=1S/C13H20Br2N2O/c1-13(2,17(3)4)8-16-7-9-5-10(14)12(18)11(15)6-9/h5-6,16,18H,7-8H2,1-4H3. The van der Waals surface area contributed by atoms with Crippen molar-refractivity contribution in [2.24, 2.45) is 0 Å². The average molecular weight is 380 g/mol. The second-order valence-corrected chi connectivity index (χ2v) is 6.93. The van der Waals surface area contributed by atoms with Crippen LogP contribution in [0.15, 0.2) is 21.1 Å². The molecule has 1 aromatic rings. The maximum atomic E-state index is 9.64. The summed E-state index contributed by atoms with van der Waals surface area (Å²) in [5, 5.41) is 13.1. The first-order valence-corrected chi connectivity index (χ1v) is 7.37. The number of likely N-dealkylation sites (N-methyl/N-ethyl adjacent to an activating group) is 1. The van der Waals surface area contributed by atoms with E-state index in [4.69, 9.17) is 0 Å². The summed E-state index contributed by atoms with van der Waals surface area (Å²) in [6, 6.07) is 3.85. The topological polar surface area (TPSA) is 35.5 Å². The van der Waals surface area contributed by atoms with Crippen LogP contribution in [-0.2, 0) is 6.54 Å². The van der Waals surface area contributed by atoms with Gasteiger partial charge in [-0.25, -0.2) is 0 Å². The maximum absolute atomic E-state index is 9.64. The molecule has 3 nitrogen and oxygen atoms in total. The van der Waals surface area contributed by atoms with E-state index < -0.39 is 0 Å². The lowest BCUT2D eigenvalue weighted by atomic mass is 10.0. The van der Waals surface area contributed by atoms with Crippen molar-refractivity contribution in [2.75, 3.05) is 20.6 Å². The van der Waals surface area contributed by atoms with Crippen molar-refractivity contribution >= 4 is 31.9 Å². The molecule has 18 heavy (non-hydrogen) atoms. The smallest absolute Gasteiger partial charge is 0.143 e. The van der Waals surface area contributed by atoms with Crippen LogP contribution in [0.3, 0.4) is 0 Å². The molecule has 0 unspecified atom stereocenters. The molecule has 102 valence electrons. The molecule has 0 aliphatic heterocycles. The van der Waals surface area contributed by atoms with Crippen LogP contribution in [0.2, 0.25) is 0 Å². The number of nitrogens with one attached hydrogen (secondary N) is 1. The Morgan fingerprint density at radius 1 is 1.22 bits per heavy atom. The van der Waals surface area contributed by atoms with Gasteiger partial charge in [0.05, 0.1) is 8.95 Å². The van der Waals surface area contributed by atoms with Crippen LogP contribution in [0, 0.1) is 0 Å². The van der Waals surface area contributed by atoms with Crippen molar-refractivity contribution < 1.29 is 5.11 Å². The summed E-state index contributed by atoms with van der Waals surface area (Å²) < 4.78 is 1.42. The van der Waals surface area contributed by atoms with Crippen LogP contribution >= 0.6 is 31.9 Å². The van der Waals surface area contributed by atoms with E-state index in [9.17, 15) is 5.11 Å². The Morgan fingerprint density at radius 2 is 1.72 bits per heavy atom. The third-order valence-electron chi connectivity index (χ3n) is 3.17. The van der Waals surface area contributed by atoms with Crippen molar-refractivity contribution in [1.29, 1.82) is 0 Å². The molecular weight excluding hydrogens is 360 g/mol. The molecule has 1 rings (SSSR count). The van der Waals surface area contributed by atoms with Gasteiger partial charge in [-0.2, -0.15) is 0 Å². The highest BCUT2D eigenvalue weighted by Crippen LogP contribution is 2.33. The summed E-state index contributed by atoms with van der Waals surface area (Å²) in [6.45, 7) is 6.07. The predicted molar refractivity (Wildman–Crippen MR) is 83.0 cm³/mol. The molecule has 0 aromatic heterocycles. The average Bonchev–Trinajstić information content (AvgIpc) is 2.25. The Balaban J connectivity index is 2.60. The molecular formula is C13H20Br2N2O. The van der Waals surface area contributed by atoms with Gasteiger partial charge in [-0.15, -0.1) is 0 Å². The Morgan fingerprint density at radius 3 is 2.17 bits per heavy atom. The van der Waals surface area contributed by atoms with E-state index in [0.717, 1.165) is 18.7 Å². The zero-order valence-electron chi connectivity index (χ0n) is 11.2. The summed E-state index contributed by atoms with van der Waals surface area (Å²) in [5.74, 6) is 0.243. The van der Waals surface area contributed by atoms with Crippen LogP contribution in [0.4, 0.5) is 0 Å². The minimum atomic E-state index is 0.116. The lowest BCUT2D eigenvalue weighted by Crippen LogP contribution is -2.46. The highest BCUT2D eigenvalue weighted by atomic mass is 79.9. The molecule has 0 amide bonds. The van der Waals surface area contributed by atoms with Crippen molar-refractivity contribution in [3.63, 3.8) is 0 Å². The maximum Gasteiger partial charge on any atom is 0.143 e. The molecule has 2 N–H and O–H groups in total. The number of rotatable bonds is 5. The van der Waals surface area contributed by atoms with Gasteiger partial charge in [0.1, 0.15) is 5.75 Å². The van der Waals surface area contributed by atoms with Crippen LogP contribution in [0.25, 0.3) is 0 Å². The van der Waals surface area contributed by atoms with Gasteiger partial charge in [0.15, 0.2) is 0 Å². The fourth-order valence-electron chi connectivity index (χ4n) is 1.39. The number of hydrogen-bond donors (Lipinski definition) is 2. The van der Waals surface area contributed by atoms with Gasteiger partial charge >= 0.3 is 0 Å². The summed E-state index contributed by atoms with van der Waals surface area (Å²) in [4.78, 5) is 2.20. The van der Waals surface area contributed by atoms with Crippen molar-refractivity contribution in [3.05, 3.63) is 26.6 Å². The second kappa shape index (κ2) is 6.37. The fourth-order valence-corrected chi connectivity index (χ4v) is 2.67. The first-order valence-electron chi connectivity index (χ1n) is 5.79. The highest BCUT2D eigenvalue weighted by molar-refractivity contribution is 9.11. The number of halogens is 2. The van der Waals surface area contributed by atoms with Gasteiger partial charge in [-0.3, -0.25) is 0 Å². The lowest BCUT2D eigenvalue weighted by Gasteiger charge is -2.32. The van der Waals surface area contributed by atoms with E-state index in [0.29, 0.717) is 8.95 Å². The molecule has 0 fully saturated rings. The Labute approximate surface area is 126 Å². The quantitative estimate of drug-likeness (QED) is 0.823. The molecule has 0 atom stereocenters. The fraction of sp³-hybridized carbons (Fsp3) is 0.538. The Kier molecular flexibility index (Phi) is 5.65. The van der Waals surface area contributed by atoms with Crippen LogP contribution < -0.4 is 5.32 Å². The van der Waals surface area contributed by atoms with E-state index in [2.05, 4.69) is 70.0 Å².